The Morgan fingerprint density at radius 1 is 1.14 bits per heavy atom. The SMILES string of the molecule is BrC1NC(Br)N2c3ccccc3C2N1. The molecule has 0 amide bonds. The maximum atomic E-state index is 3.60. The molecule has 74 valence electrons. The molecule has 2 heterocycles. The van der Waals surface area contributed by atoms with Crippen molar-refractivity contribution in [3.63, 3.8) is 0 Å². The van der Waals surface area contributed by atoms with Gasteiger partial charge in [0.25, 0.3) is 0 Å². The average Bonchev–Trinajstić information content (AvgIpc) is 2.14. The Balaban J connectivity index is 2.00. The number of anilines is 1. The van der Waals surface area contributed by atoms with Gasteiger partial charge in [-0.15, -0.1) is 0 Å². The van der Waals surface area contributed by atoms with E-state index >= 15 is 0 Å². The maximum Gasteiger partial charge on any atom is 0.140 e. The van der Waals surface area contributed by atoms with Gasteiger partial charge < -0.3 is 4.90 Å². The highest BCUT2D eigenvalue weighted by atomic mass is 79.9. The standard InChI is InChI=1S/C9H9Br2N3/c10-8-12-7-5-3-1-2-4-6(5)14(7)9(11)13-8/h1-4,7-9,12-13H. The molecule has 0 saturated carbocycles. The van der Waals surface area contributed by atoms with Crippen LogP contribution in [0.5, 0.6) is 0 Å². The quantitative estimate of drug-likeness (QED) is 0.566. The van der Waals surface area contributed by atoms with E-state index < -0.39 is 0 Å². The Hall–Kier alpha value is -0.100. The molecule has 0 spiro atoms. The summed E-state index contributed by atoms with van der Waals surface area (Å²) in [6, 6.07) is 8.44. The van der Waals surface area contributed by atoms with Crippen molar-refractivity contribution in [1.82, 2.24) is 10.6 Å². The second-order valence-corrected chi connectivity index (χ2v) is 5.18. The van der Waals surface area contributed by atoms with Crippen molar-refractivity contribution in [2.24, 2.45) is 0 Å². The average molecular weight is 319 g/mol. The molecule has 0 bridgehead atoms. The van der Waals surface area contributed by atoms with Crippen LogP contribution in [0.1, 0.15) is 11.7 Å². The molecule has 3 atom stereocenters. The maximum absolute atomic E-state index is 3.60. The number of hydrogen-bond donors (Lipinski definition) is 2. The fourth-order valence-corrected chi connectivity index (χ4v) is 3.56. The summed E-state index contributed by atoms with van der Waals surface area (Å²) in [7, 11) is 0. The molecular weight excluding hydrogens is 310 g/mol. The summed E-state index contributed by atoms with van der Waals surface area (Å²) in [5.74, 6) is 0. The van der Waals surface area contributed by atoms with Gasteiger partial charge in [0.15, 0.2) is 0 Å². The number of alkyl halides is 2. The van der Waals surface area contributed by atoms with Gasteiger partial charge in [0.1, 0.15) is 16.3 Å². The van der Waals surface area contributed by atoms with Crippen molar-refractivity contribution in [2.45, 2.75) is 16.3 Å². The van der Waals surface area contributed by atoms with Crippen molar-refractivity contribution in [3.05, 3.63) is 29.8 Å². The fourth-order valence-electron chi connectivity index (χ4n) is 1.99. The summed E-state index contributed by atoms with van der Waals surface area (Å²) in [4.78, 5) is 2.27. The number of para-hydroxylation sites is 1. The molecule has 0 aliphatic carbocycles. The van der Waals surface area contributed by atoms with Crippen LogP contribution < -0.4 is 15.5 Å². The van der Waals surface area contributed by atoms with E-state index in [0.29, 0.717) is 6.17 Å². The van der Waals surface area contributed by atoms with Crippen LogP contribution in [0.2, 0.25) is 0 Å². The highest BCUT2D eigenvalue weighted by Gasteiger charge is 2.42. The molecule has 1 aromatic rings. The van der Waals surface area contributed by atoms with Gasteiger partial charge in [-0.2, -0.15) is 0 Å². The molecule has 2 aliphatic rings. The third kappa shape index (κ3) is 1.16. The number of nitrogens with zero attached hydrogens (tertiary/aromatic N) is 1. The third-order valence-corrected chi connectivity index (χ3v) is 3.85. The lowest BCUT2D eigenvalue weighted by molar-refractivity contribution is 0.337. The predicted octanol–water partition coefficient (Wildman–Crippen LogP) is 2.06. The lowest BCUT2D eigenvalue weighted by atomic mass is 9.99. The van der Waals surface area contributed by atoms with Gasteiger partial charge in [-0.1, -0.05) is 34.1 Å². The molecule has 1 aromatic carbocycles. The van der Waals surface area contributed by atoms with Crippen LogP contribution in [-0.2, 0) is 0 Å². The number of hydrogen-bond acceptors (Lipinski definition) is 3. The van der Waals surface area contributed by atoms with Crippen LogP contribution in [0.4, 0.5) is 5.69 Å². The molecule has 3 unspecified atom stereocenters. The second kappa shape index (κ2) is 3.20. The third-order valence-electron chi connectivity index (χ3n) is 2.62. The highest BCUT2D eigenvalue weighted by molar-refractivity contribution is 9.10. The van der Waals surface area contributed by atoms with Gasteiger partial charge in [0.05, 0.1) is 0 Å². The van der Waals surface area contributed by atoms with Crippen LogP contribution in [0.25, 0.3) is 0 Å². The number of nitrogens with one attached hydrogen (secondary N) is 2. The van der Waals surface area contributed by atoms with E-state index in [0.717, 1.165) is 0 Å². The predicted molar refractivity (Wildman–Crippen MR) is 63.4 cm³/mol. The van der Waals surface area contributed by atoms with Crippen LogP contribution in [0.3, 0.4) is 0 Å². The van der Waals surface area contributed by atoms with E-state index in [2.05, 4.69) is 71.7 Å². The minimum absolute atomic E-state index is 0.154. The first-order valence-corrected chi connectivity index (χ1v) is 6.28. The molecule has 5 heteroatoms. The molecule has 0 aromatic heterocycles. The van der Waals surface area contributed by atoms with Crippen molar-refractivity contribution in [1.29, 1.82) is 0 Å². The summed E-state index contributed by atoms with van der Waals surface area (Å²) in [6.45, 7) is 0. The first-order valence-electron chi connectivity index (χ1n) is 4.45. The van der Waals surface area contributed by atoms with Crippen molar-refractivity contribution in [3.8, 4) is 0 Å². The van der Waals surface area contributed by atoms with Crippen molar-refractivity contribution >= 4 is 37.5 Å². The minimum Gasteiger partial charge on any atom is -0.326 e. The lowest BCUT2D eigenvalue weighted by Crippen LogP contribution is -2.64. The van der Waals surface area contributed by atoms with E-state index in [9.17, 15) is 0 Å². The van der Waals surface area contributed by atoms with Gasteiger partial charge in [0.2, 0.25) is 0 Å². The topological polar surface area (TPSA) is 27.3 Å². The summed E-state index contributed by atoms with van der Waals surface area (Å²) in [6.07, 6.45) is 0.321. The van der Waals surface area contributed by atoms with E-state index in [1.807, 2.05) is 0 Å². The Morgan fingerprint density at radius 3 is 2.79 bits per heavy atom. The number of fused-ring (bicyclic) bond motifs is 4. The van der Waals surface area contributed by atoms with Crippen LogP contribution in [0, 0.1) is 0 Å². The Bertz CT molecular complexity index is 371. The van der Waals surface area contributed by atoms with E-state index in [1.54, 1.807) is 0 Å². The van der Waals surface area contributed by atoms with Crippen molar-refractivity contribution in [2.75, 3.05) is 4.90 Å². The monoisotopic (exact) mass is 317 g/mol. The summed E-state index contributed by atoms with van der Waals surface area (Å²) < 4.78 is 0. The van der Waals surface area contributed by atoms with E-state index in [-0.39, 0.29) is 10.2 Å². The lowest BCUT2D eigenvalue weighted by Gasteiger charge is -2.52. The Morgan fingerprint density at radius 2 is 1.93 bits per heavy atom. The number of halogens is 2. The molecule has 0 radical (unpaired) electrons. The van der Waals surface area contributed by atoms with Gasteiger partial charge in [-0.3, -0.25) is 10.6 Å². The highest BCUT2D eigenvalue weighted by Crippen LogP contribution is 2.45. The second-order valence-electron chi connectivity index (χ2n) is 3.40. The normalized spacial score (nSPS) is 34.4. The number of rotatable bonds is 0. The van der Waals surface area contributed by atoms with Gasteiger partial charge in [0, 0.05) is 11.3 Å². The molecule has 1 saturated heterocycles. The van der Waals surface area contributed by atoms with Crippen molar-refractivity contribution < 1.29 is 0 Å². The van der Waals surface area contributed by atoms with Crippen LogP contribution in [0.15, 0.2) is 24.3 Å². The molecule has 14 heavy (non-hydrogen) atoms. The fraction of sp³-hybridized carbons (Fsp3) is 0.333. The summed E-state index contributed by atoms with van der Waals surface area (Å²) in [5, 5.41) is 7.05. The van der Waals surface area contributed by atoms with Gasteiger partial charge >= 0.3 is 0 Å². The van der Waals surface area contributed by atoms with Gasteiger partial charge in [-0.25, -0.2) is 0 Å². The zero-order valence-corrected chi connectivity index (χ0v) is 10.4. The van der Waals surface area contributed by atoms with Crippen LogP contribution in [-0.4, -0.2) is 10.2 Å². The Labute approximate surface area is 99.1 Å². The zero-order chi connectivity index (χ0) is 9.71. The first-order chi connectivity index (χ1) is 6.77. The summed E-state index contributed by atoms with van der Waals surface area (Å²) in [5.41, 5.74) is 2.65. The zero-order valence-electron chi connectivity index (χ0n) is 7.24. The molecule has 3 rings (SSSR count). The molecule has 1 fully saturated rings. The molecule has 3 nitrogen and oxygen atoms in total. The summed E-state index contributed by atoms with van der Waals surface area (Å²) >= 11 is 7.10. The van der Waals surface area contributed by atoms with E-state index in [4.69, 9.17) is 0 Å². The molecule has 2 aliphatic heterocycles. The largest absolute Gasteiger partial charge is 0.326 e. The molecule has 2 N–H and O–H groups in total. The number of benzene rings is 1. The Kier molecular flexibility index (Phi) is 2.09. The van der Waals surface area contributed by atoms with E-state index in [1.165, 1.54) is 11.3 Å². The smallest absolute Gasteiger partial charge is 0.140 e. The van der Waals surface area contributed by atoms with Gasteiger partial charge in [-0.05, 0) is 22.0 Å². The minimum atomic E-state index is 0.154. The van der Waals surface area contributed by atoms with Crippen LogP contribution >= 0.6 is 31.9 Å². The molecular formula is C9H9Br2N3. The first kappa shape index (κ1) is 9.15.